The maximum Gasteiger partial charge on any atom is 0.289 e. The van der Waals surface area contributed by atoms with Crippen LogP contribution in [0.4, 0.5) is 0 Å². The van der Waals surface area contributed by atoms with Gasteiger partial charge < -0.3 is 18.8 Å². The fourth-order valence-corrected chi connectivity index (χ4v) is 3.93. The van der Waals surface area contributed by atoms with Crippen LogP contribution in [0, 0.1) is 0 Å². The quantitative estimate of drug-likeness (QED) is 0.650. The topological polar surface area (TPSA) is 51.9 Å². The summed E-state index contributed by atoms with van der Waals surface area (Å²) in [6.07, 6.45) is 3.18. The normalized spacial score (nSPS) is 17.4. The van der Waals surface area contributed by atoms with Gasteiger partial charge in [-0.15, -0.1) is 0 Å². The minimum Gasteiger partial charge on any atom is -0.497 e. The zero-order valence-corrected chi connectivity index (χ0v) is 16.3. The third-order valence-electron chi connectivity index (χ3n) is 5.48. The number of fused-ring (bicyclic) bond motifs is 1. The lowest BCUT2D eigenvalue weighted by Gasteiger charge is -2.24. The van der Waals surface area contributed by atoms with Crippen LogP contribution in [0.25, 0.3) is 11.0 Å². The van der Waals surface area contributed by atoms with E-state index in [2.05, 4.69) is 12.1 Å². The molecule has 0 N–H and O–H groups in total. The Labute approximate surface area is 164 Å². The van der Waals surface area contributed by atoms with Crippen LogP contribution in [-0.2, 0) is 0 Å². The first-order valence-electron chi connectivity index (χ1n) is 9.69. The van der Waals surface area contributed by atoms with Crippen LogP contribution in [-0.4, -0.2) is 38.1 Å². The molecule has 2 heterocycles. The highest BCUT2D eigenvalue weighted by atomic mass is 16.5. The number of nitrogens with zero attached hydrogens (tertiary/aromatic N) is 1. The number of para-hydroxylation sites is 1. The van der Waals surface area contributed by atoms with Crippen molar-refractivity contribution >= 4 is 16.9 Å². The standard InChI is InChI=1S/C23H25NO4/c1-26-19-11-9-16(10-12-19)18-6-3-4-13-24(15-18)23(25)21-14-17-7-5-8-20(27-2)22(17)28-21/h5,7-12,14,18H,3-4,6,13,15H2,1-2H3/t18-/m1/s1. The molecule has 1 saturated heterocycles. The molecule has 4 rings (SSSR count). The molecule has 1 atom stereocenters. The van der Waals surface area contributed by atoms with Gasteiger partial charge in [-0.3, -0.25) is 4.79 Å². The van der Waals surface area contributed by atoms with Crippen molar-refractivity contribution in [3.05, 3.63) is 59.9 Å². The summed E-state index contributed by atoms with van der Waals surface area (Å²) < 4.78 is 16.5. The van der Waals surface area contributed by atoms with Crippen LogP contribution in [0.5, 0.6) is 11.5 Å². The number of carbonyl (C=O) groups is 1. The zero-order valence-electron chi connectivity index (χ0n) is 16.3. The van der Waals surface area contributed by atoms with Crippen LogP contribution in [0.15, 0.2) is 52.9 Å². The highest BCUT2D eigenvalue weighted by molar-refractivity contribution is 5.97. The van der Waals surface area contributed by atoms with Crippen LogP contribution < -0.4 is 9.47 Å². The number of likely N-dealkylation sites (tertiary alicyclic amines) is 1. The number of carbonyl (C=O) groups excluding carboxylic acids is 1. The van der Waals surface area contributed by atoms with Crippen molar-refractivity contribution in [1.82, 2.24) is 4.90 Å². The van der Waals surface area contributed by atoms with Gasteiger partial charge in [-0.1, -0.05) is 30.7 Å². The van der Waals surface area contributed by atoms with E-state index >= 15 is 0 Å². The highest BCUT2D eigenvalue weighted by Crippen LogP contribution is 2.31. The number of rotatable bonds is 4. The molecule has 0 unspecified atom stereocenters. The van der Waals surface area contributed by atoms with E-state index in [1.165, 1.54) is 5.56 Å². The Morgan fingerprint density at radius 3 is 2.64 bits per heavy atom. The summed E-state index contributed by atoms with van der Waals surface area (Å²) in [5.41, 5.74) is 1.86. The maximum atomic E-state index is 13.2. The third kappa shape index (κ3) is 3.57. The van der Waals surface area contributed by atoms with Gasteiger partial charge in [-0.05, 0) is 42.7 Å². The first-order chi connectivity index (χ1) is 13.7. The largest absolute Gasteiger partial charge is 0.497 e. The number of amides is 1. The highest BCUT2D eigenvalue weighted by Gasteiger charge is 2.26. The molecule has 1 aliphatic heterocycles. The van der Waals surface area contributed by atoms with Crippen molar-refractivity contribution in [3.8, 4) is 11.5 Å². The van der Waals surface area contributed by atoms with Gasteiger partial charge in [0.25, 0.3) is 5.91 Å². The summed E-state index contributed by atoms with van der Waals surface area (Å²) in [4.78, 5) is 15.1. The van der Waals surface area contributed by atoms with Gasteiger partial charge >= 0.3 is 0 Å². The first-order valence-corrected chi connectivity index (χ1v) is 9.69. The summed E-state index contributed by atoms with van der Waals surface area (Å²) in [6.45, 7) is 1.44. The smallest absolute Gasteiger partial charge is 0.289 e. The van der Waals surface area contributed by atoms with Gasteiger partial charge in [0.15, 0.2) is 17.1 Å². The van der Waals surface area contributed by atoms with Crippen molar-refractivity contribution in [3.63, 3.8) is 0 Å². The third-order valence-corrected chi connectivity index (χ3v) is 5.48. The maximum absolute atomic E-state index is 13.2. The number of ether oxygens (including phenoxy) is 2. The van der Waals surface area contributed by atoms with Gasteiger partial charge in [-0.2, -0.15) is 0 Å². The molecule has 5 heteroatoms. The molecule has 0 spiro atoms. The molecular weight excluding hydrogens is 354 g/mol. The second kappa shape index (κ2) is 7.97. The van der Waals surface area contributed by atoms with Crippen molar-refractivity contribution in [2.45, 2.75) is 25.2 Å². The first kappa shape index (κ1) is 18.4. The summed E-state index contributed by atoms with van der Waals surface area (Å²) in [5, 5.41) is 0.879. The lowest BCUT2D eigenvalue weighted by atomic mass is 9.94. The molecule has 0 saturated carbocycles. The SMILES string of the molecule is COc1ccc([C@@H]2CCCCN(C(=O)c3cc4cccc(OC)c4o3)C2)cc1. The molecule has 1 aliphatic rings. The van der Waals surface area contributed by atoms with Crippen LogP contribution in [0.3, 0.4) is 0 Å². The van der Waals surface area contributed by atoms with Crippen molar-refractivity contribution in [2.24, 2.45) is 0 Å². The molecule has 2 aromatic carbocycles. The van der Waals surface area contributed by atoms with E-state index in [1.807, 2.05) is 41.3 Å². The van der Waals surface area contributed by atoms with E-state index < -0.39 is 0 Å². The summed E-state index contributed by atoms with van der Waals surface area (Å²) >= 11 is 0. The predicted octanol–water partition coefficient (Wildman–Crippen LogP) is 4.86. The fourth-order valence-electron chi connectivity index (χ4n) is 3.93. The lowest BCUT2D eigenvalue weighted by molar-refractivity contribution is 0.0724. The number of hydrogen-bond donors (Lipinski definition) is 0. The van der Waals surface area contributed by atoms with Crippen molar-refractivity contribution in [1.29, 1.82) is 0 Å². The van der Waals surface area contributed by atoms with Gasteiger partial charge in [0.05, 0.1) is 14.2 Å². The summed E-state index contributed by atoms with van der Waals surface area (Å²) in [5.74, 6) is 2.12. The minimum atomic E-state index is -0.0568. The molecule has 1 fully saturated rings. The van der Waals surface area contributed by atoms with Crippen LogP contribution in [0.2, 0.25) is 0 Å². The van der Waals surface area contributed by atoms with E-state index in [0.717, 1.165) is 36.9 Å². The number of benzene rings is 2. The average molecular weight is 379 g/mol. The second-order valence-electron chi connectivity index (χ2n) is 7.21. The van der Waals surface area contributed by atoms with Crippen molar-refractivity contribution < 1.29 is 18.7 Å². The second-order valence-corrected chi connectivity index (χ2v) is 7.21. The number of hydrogen-bond acceptors (Lipinski definition) is 4. The summed E-state index contributed by atoms with van der Waals surface area (Å²) in [7, 11) is 3.27. The molecule has 1 amide bonds. The number of methoxy groups -OCH3 is 2. The van der Waals surface area contributed by atoms with E-state index in [4.69, 9.17) is 13.9 Å². The van der Waals surface area contributed by atoms with E-state index in [-0.39, 0.29) is 5.91 Å². The molecule has 146 valence electrons. The molecule has 0 aliphatic carbocycles. The Hall–Kier alpha value is -2.95. The molecule has 1 aromatic heterocycles. The van der Waals surface area contributed by atoms with Gasteiger partial charge in [0, 0.05) is 24.4 Å². The average Bonchev–Trinajstić information content (AvgIpc) is 3.03. The van der Waals surface area contributed by atoms with E-state index in [0.29, 0.717) is 29.6 Å². The molecule has 5 nitrogen and oxygen atoms in total. The summed E-state index contributed by atoms with van der Waals surface area (Å²) in [6, 6.07) is 15.7. The molecule has 0 bridgehead atoms. The zero-order chi connectivity index (χ0) is 19.5. The minimum absolute atomic E-state index is 0.0568. The predicted molar refractivity (Wildman–Crippen MR) is 108 cm³/mol. The lowest BCUT2D eigenvalue weighted by Crippen LogP contribution is -2.33. The molecule has 3 aromatic rings. The molecule has 28 heavy (non-hydrogen) atoms. The van der Waals surface area contributed by atoms with Crippen LogP contribution in [0.1, 0.15) is 41.3 Å². The van der Waals surface area contributed by atoms with Crippen molar-refractivity contribution in [2.75, 3.05) is 27.3 Å². The monoisotopic (exact) mass is 379 g/mol. The molecular formula is C23H25NO4. The Morgan fingerprint density at radius 2 is 1.89 bits per heavy atom. The van der Waals surface area contributed by atoms with Gasteiger partial charge in [0.1, 0.15) is 5.75 Å². The van der Waals surface area contributed by atoms with Gasteiger partial charge in [0.2, 0.25) is 0 Å². The molecule has 0 radical (unpaired) electrons. The number of furan rings is 1. The van der Waals surface area contributed by atoms with E-state index in [9.17, 15) is 4.79 Å². The Morgan fingerprint density at radius 1 is 1.07 bits per heavy atom. The van der Waals surface area contributed by atoms with E-state index in [1.54, 1.807) is 14.2 Å². The Balaban J connectivity index is 1.57. The Kier molecular flexibility index (Phi) is 5.24. The fraction of sp³-hybridized carbons (Fsp3) is 0.348. The van der Waals surface area contributed by atoms with Crippen LogP contribution >= 0.6 is 0 Å². The van der Waals surface area contributed by atoms with Gasteiger partial charge in [-0.25, -0.2) is 0 Å². The Bertz CT molecular complexity index is 960.